The van der Waals surface area contributed by atoms with Gasteiger partial charge in [-0.25, -0.2) is 0 Å². The third-order valence-electron chi connectivity index (χ3n) is 2.30. The number of hydrogen-bond donors (Lipinski definition) is 1. The number of rotatable bonds is 8. The molecule has 0 aliphatic rings. The second kappa shape index (κ2) is 7.50. The molecule has 0 fully saturated rings. The van der Waals surface area contributed by atoms with Crippen molar-refractivity contribution in [3.8, 4) is 0 Å². The van der Waals surface area contributed by atoms with Crippen molar-refractivity contribution in [2.45, 2.75) is 45.2 Å². The van der Waals surface area contributed by atoms with Crippen molar-refractivity contribution in [2.75, 3.05) is 13.8 Å². The van der Waals surface area contributed by atoms with Crippen LogP contribution < -0.4 is 5.73 Å². The first-order valence-corrected chi connectivity index (χ1v) is 7.60. The lowest BCUT2D eigenvalue weighted by molar-refractivity contribution is 0.209. The van der Waals surface area contributed by atoms with E-state index in [4.69, 9.17) is 14.6 Å². The van der Waals surface area contributed by atoms with Gasteiger partial charge in [-0.1, -0.05) is 32.6 Å². The molecule has 80 valence electrons. The zero-order valence-electron chi connectivity index (χ0n) is 9.14. The largest absolute Gasteiger partial charge is 0.398 e. The Balaban J connectivity index is 3.57. The first kappa shape index (κ1) is 13.1. The van der Waals surface area contributed by atoms with E-state index in [0.29, 0.717) is 0 Å². The highest BCUT2D eigenvalue weighted by atomic mass is 28.4. The molecule has 0 amide bonds. The lowest BCUT2D eigenvalue weighted by Gasteiger charge is -2.23. The summed E-state index contributed by atoms with van der Waals surface area (Å²) < 4.78 is 10.8. The standard InChI is InChI=1S/C9H23NO2Si/c1-4-5-6-7-8-13(3,11-2)12-9-10/h4-10H2,1-3H3. The van der Waals surface area contributed by atoms with Crippen LogP contribution in [0, 0.1) is 0 Å². The Bertz CT molecular complexity index is 124. The fourth-order valence-corrected chi connectivity index (χ4v) is 2.99. The van der Waals surface area contributed by atoms with Gasteiger partial charge in [0.15, 0.2) is 0 Å². The molecule has 0 saturated heterocycles. The summed E-state index contributed by atoms with van der Waals surface area (Å²) in [6, 6.07) is 1.06. The van der Waals surface area contributed by atoms with E-state index < -0.39 is 8.56 Å². The summed E-state index contributed by atoms with van der Waals surface area (Å²) in [6.07, 6.45) is 5.04. The van der Waals surface area contributed by atoms with Gasteiger partial charge in [0, 0.05) is 7.11 Å². The van der Waals surface area contributed by atoms with Crippen molar-refractivity contribution >= 4 is 8.56 Å². The second-order valence-electron chi connectivity index (χ2n) is 3.46. The monoisotopic (exact) mass is 205 g/mol. The Hall–Kier alpha value is 0.0969. The van der Waals surface area contributed by atoms with E-state index in [9.17, 15) is 0 Å². The number of unbranched alkanes of at least 4 members (excludes halogenated alkanes) is 3. The van der Waals surface area contributed by atoms with Crippen LogP contribution in [0.15, 0.2) is 0 Å². The van der Waals surface area contributed by atoms with Crippen LogP contribution in [0.3, 0.4) is 0 Å². The third kappa shape index (κ3) is 6.21. The summed E-state index contributed by atoms with van der Waals surface area (Å²) in [5, 5.41) is 0. The maximum atomic E-state index is 5.45. The molecule has 0 aromatic heterocycles. The molecule has 0 aromatic rings. The average Bonchev–Trinajstić information content (AvgIpc) is 2.13. The summed E-state index contributed by atoms with van der Waals surface area (Å²) in [5.74, 6) is 0. The normalized spacial score (nSPS) is 15.7. The minimum absolute atomic E-state index is 0.282. The van der Waals surface area contributed by atoms with Crippen LogP contribution in [0.5, 0.6) is 0 Å². The summed E-state index contributed by atoms with van der Waals surface area (Å²) in [5.41, 5.74) is 5.35. The molecule has 1 unspecified atom stereocenters. The van der Waals surface area contributed by atoms with Crippen molar-refractivity contribution in [3.63, 3.8) is 0 Å². The molecule has 13 heavy (non-hydrogen) atoms. The zero-order valence-corrected chi connectivity index (χ0v) is 10.1. The van der Waals surface area contributed by atoms with Gasteiger partial charge in [0.2, 0.25) is 0 Å². The highest BCUT2D eigenvalue weighted by Crippen LogP contribution is 2.16. The minimum atomic E-state index is -1.90. The summed E-state index contributed by atoms with van der Waals surface area (Å²) >= 11 is 0. The Morgan fingerprint density at radius 2 is 1.92 bits per heavy atom. The molecule has 0 aliphatic heterocycles. The van der Waals surface area contributed by atoms with E-state index in [1.807, 2.05) is 0 Å². The van der Waals surface area contributed by atoms with E-state index >= 15 is 0 Å². The van der Waals surface area contributed by atoms with E-state index in [0.717, 1.165) is 6.04 Å². The summed E-state index contributed by atoms with van der Waals surface area (Å²) in [4.78, 5) is 0. The molecule has 4 heteroatoms. The molecular formula is C9H23NO2Si. The molecule has 1 atom stereocenters. The highest BCUT2D eigenvalue weighted by Gasteiger charge is 2.28. The molecule has 0 rings (SSSR count). The first-order valence-electron chi connectivity index (χ1n) is 5.07. The van der Waals surface area contributed by atoms with Crippen LogP contribution >= 0.6 is 0 Å². The Morgan fingerprint density at radius 3 is 2.38 bits per heavy atom. The lowest BCUT2D eigenvalue weighted by Crippen LogP contribution is -2.39. The van der Waals surface area contributed by atoms with Crippen LogP contribution in [0.4, 0.5) is 0 Å². The lowest BCUT2D eigenvalue weighted by atomic mass is 10.2. The van der Waals surface area contributed by atoms with Gasteiger partial charge in [-0.15, -0.1) is 0 Å². The van der Waals surface area contributed by atoms with Crippen molar-refractivity contribution in [1.29, 1.82) is 0 Å². The predicted octanol–water partition coefficient (Wildman–Crippen LogP) is 2.22. The molecule has 0 bridgehead atoms. The number of nitrogens with two attached hydrogens (primary N) is 1. The zero-order chi connectivity index (χ0) is 10.2. The molecular weight excluding hydrogens is 182 g/mol. The average molecular weight is 205 g/mol. The SMILES string of the molecule is CCCCCC[Si](C)(OC)OCN. The van der Waals surface area contributed by atoms with Gasteiger partial charge in [0.25, 0.3) is 0 Å². The van der Waals surface area contributed by atoms with Crippen LogP contribution in [0.2, 0.25) is 12.6 Å². The van der Waals surface area contributed by atoms with Crippen LogP contribution in [-0.2, 0) is 8.85 Å². The smallest absolute Gasteiger partial charge is 0.335 e. The molecule has 0 aliphatic carbocycles. The minimum Gasteiger partial charge on any atom is -0.398 e. The molecule has 0 aromatic carbocycles. The van der Waals surface area contributed by atoms with Gasteiger partial charge in [0.05, 0.1) is 6.73 Å². The Kier molecular flexibility index (Phi) is 7.55. The van der Waals surface area contributed by atoms with Gasteiger partial charge < -0.3 is 14.6 Å². The van der Waals surface area contributed by atoms with Crippen LogP contribution in [0.25, 0.3) is 0 Å². The van der Waals surface area contributed by atoms with Crippen molar-refractivity contribution in [1.82, 2.24) is 0 Å². The van der Waals surface area contributed by atoms with Crippen molar-refractivity contribution in [2.24, 2.45) is 5.73 Å². The molecule has 0 radical (unpaired) electrons. The van der Waals surface area contributed by atoms with Gasteiger partial charge in [-0.3, -0.25) is 0 Å². The van der Waals surface area contributed by atoms with E-state index in [1.165, 1.54) is 25.7 Å². The molecule has 0 spiro atoms. The van der Waals surface area contributed by atoms with Crippen LogP contribution in [0.1, 0.15) is 32.6 Å². The first-order chi connectivity index (χ1) is 6.18. The highest BCUT2D eigenvalue weighted by molar-refractivity contribution is 6.65. The van der Waals surface area contributed by atoms with Gasteiger partial charge in [0.1, 0.15) is 0 Å². The van der Waals surface area contributed by atoms with E-state index in [2.05, 4.69) is 13.5 Å². The van der Waals surface area contributed by atoms with Gasteiger partial charge >= 0.3 is 8.56 Å². The van der Waals surface area contributed by atoms with Gasteiger partial charge in [-0.2, -0.15) is 0 Å². The molecule has 2 N–H and O–H groups in total. The maximum absolute atomic E-state index is 5.45. The summed E-state index contributed by atoms with van der Waals surface area (Å²) in [7, 11) is -0.174. The topological polar surface area (TPSA) is 44.5 Å². The molecule has 0 saturated carbocycles. The van der Waals surface area contributed by atoms with Gasteiger partial charge in [-0.05, 0) is 12.6 Å². The third-order valence-corrected chi connectivity index (χ3v) is 5.21. The second-order valence-corrected chi connectivity index (χ2v) is 6.92. The molecule has 0 heterocycles. The fourth-order valence-electron chi connectivity index (χ4n) is 1.28. The quantitative estimate of drug-likeness (QED) is 0.375. The fraction of sp³-hybridized carbons (Fsp3) is 1.00. The number of hydrogen-bond acceptors (Lipinski definition) is 3. The van der Waals surface area contributed by atoms with Crippen molar-refractivity contribution < 1.29 is 8.85 Å². The predicted molar refractivity (Wildman–Crippen MR) is 57.7 cm³/mol. The summed E-state index contributed by atoms with van der Waals surface area (Å²) in [6.45, 7) is 4.57. The van der Waals surface area contributed by atoms with E-state index in [1.54, 1.807) is 7.11 Å². The maximum Gasteiger partial charge on any atom is 0.335 e. The van der Waals surface area contributed by atoms with E-state index in [-0.39, 0.29) is 6.73 Å². The Morgan fingerprint density at radius 1 is 1.23 bits per heavy atom. The molecule has 3 nitrogen and oxygen atoms in total. The van der Waals surface area contributed by atoms with Crippen LogP contribution in [-0.4, -0.2) is 22.4 Å². The van der Waals surface area contributed by atoms with Crippen molar-refractivity contribution in [3.05, 3.63) is 0 Å². The Labute approximate surface area is 82.9 Å².